The Morgan fingerprint density at radius 2 is 2.08 bits per heavy atom. The summed E-state index contributed by atoms with van der Waals surface area (Å²) in [6, 6.07) is 0. The van der Waals surface area contributed by atoms with Gasteiger partial charge < -0.3 is 9.47 Å². The molecule has 3 nitrogen and oxygen atoms in total. The van der Waals surface area contributed by atoms with Crippen molar-refractivity contribution in [2.75, 3.05) is 7.11 Å². The molecule has 1 aliphatic carbocycles. The van der Waals surface area contributed by atoms with Crippen molar-refractivity contribution in [2.24, 2.45) is 0 Å². The molecule has 0 N–H and O–H groups in total. The molecule has 0 aromatic heterocycles. The summed E-state index contributed by atoms with van der Waals surface area (Å²) in [7, 11) is 1.34. The van der Waals surface area contributed by atoms with E-state index < -0.39 is 6.16 Å². The zero-order valence-electron chi connectivity index (χ0n) is 7.99. The maximum Gasteiger partial charge on any atom is 0.508 e. The molecule has 0 aliphatic heterocycles. The van der Waals surface area contributed by atoms with Crippen LogP contribution < -0.4 is 0 Å². The molecule has 3 heteroatoms. The lowest BCUT2D eigenvalue weighted by atomic mass is 10.0. The van der Waals surface area contributed by atoms with E-state index in [0.29, 0.717) is 0 Å². The van der Waals surface area contributed by atoms with Gasteiger partial charge in [-0.1, -0.05) is 12.2 Å². The summed E-state index contributed by atoms with van der Waals surface area (Å²) in [4.78, 5) is 10.8. The number of carbonyl (C=O) groups excluding carboxylic acids is 1. The SMILES string of the molecule is COC(=O)O[C@H]1CC/C=C\CCC1. The summed E-state index contributed by atoms with van der Waals surface area (Å²) in [6.07, 6.45) is 8.82. The second-order valence-corrected chi connectivity index (χ2v) is 3.17. The maximum atomic E-state index is 10.8. The van der Waals surface area contributed by atoms with Gasteiger partial charge in [0.25, 0.3) is 0 Å². The van der Waals surface area contributed by atoms with Crippen molar-refractivity contribution in [3.63, 3.8) is 0 Å². The van der Waals surface area contributed by atoms with Crippen LogP contribution >= 0.6 is 0 Å². The Morgan fingerprint density at radius 3 is 2.85 bits per heavy atom. The fraction of sp³-hybridized carbons (Fsp3) is 0.700. The molecule has 74 valence electrons. The van der Waals surface area contributed by atoms with Gasteiger partial charge in [0, 0.05) is 0 Å². The van der Waals surface area contributed by atoms with Crippen LogP contribution in [-0.4, -0.2) is 19.4 Å². The van der Waals surface area contributed by atoms with E-state index in [1.54, 1.807) is 0 Å². The quantitative estimate of drug-likeness (QED) is 0.464. The molecule has 0 bridgehead atoms. The normalized spacial score (nSPS) is 25.5. The highest BCUT2D eigenvalue weighted by Crippen LogP contribution is 2.15. The Bertz CT molecular complexity index is 187. The molecule has 1 aliphatic rings. The molecule has 0 fully saturated rings. The van der Waals surface area contributed by atoms with Gasteiger partial charge in [-0.15, -0.1) is 0 Å². The van der Waals surface area contributed by atoms with Crippen LogP contribution in [0.3, 0.4) is 0 Å². The molecule has 1 atom stereocenters. The molecular formula is C10H16O3. The first kappa shape index (κ1) is 10.1. The minimum Gasteiger partial charge on any atom is -0.438 e. The number of methoxy groups -OCH3 is 1. The predicted octanol–water partition coefficient (Wildman–Crippen LogP) is 2.66. The molecule has 0 saturated heterocycles. The van der Waals surface area contributed by atoms with E-state index in [-0.39, 0.29) is 6.10 Å². The first-order valence-electron chi connectivity index (χ1n) is 4.72. The molecule has 0 spiro atoms. The summed E-state index contributed by atoms with van der Waals surface area (Å²) in [5, 5.41) is 0. The molecule has 0 radical (unpaired) electrons. The Morgan fingerprint density at radius 1 is 1.31 bits per heavy atom. The first-order chi connectivity index (χ1) is 6.33. The van der Waals surface area contributed by atoms with Crippen LogP contribution in [0.5, 0.6) is 0 Å². The largest absolute Gasteiger partial charge is 0.508 e. The Hall–Kier alpha value is -0.990. The van der Waals surface area contributed by atoms with E-state index in [1.807, 2.05) is 0 Å². The van der Waals surface area contributed by atoms with Crippen LogP contribution in [-0.2, 0) is 9.47 Å². The van der Waals surface area contributed by atoms with Crippen LogP contribution in [0.1, 0.15) is 32.1 Å². The van der Waals surface area contributed by atoms with Crippen molar-refractivity contribution in [3.8, 4) is 0 Å². The summed E-state index contributed by atoms with van der Waals surface area (Å²) in [5.74, 6) is 0. The number of carbonyl (C=O) groups is 1. The number of allylic oxidation sites excluding steroid dienone is 2. The Labute approximate surface area is 78.7 Å². The van der Waals surface area contributed by atoms with Crippen molar-refractivity contribution in [3.05, 3.63) is 12.2 Å². The fourth-order valence-electron chi connectivity index (χ4n) is 1.43. The first-order valence-corrected chi connectivity index (χ1v) is 4.72. The number of rotatable bonds is 1. The second kappa shape index (κ2) is 5.62. The monoisotopic (exact) mass is 184 g/mol. The van der Waals surface area contributed by atoms with Gasteiger partial charge in [0.15, 0.2) is 0 Å². The van der Waals surface area contributed by atoms with Crippen LogP contribution in [0, 0.1) is 0 Å². The van der Waals surface area contributed by atoms with Crippen LogP contribution in [0.15, 0.2) is 12.2 Å². The third-order valence-electron chi connectivity index (χ3n) is 2.15. The summed E-state index contributed by atoms with van der Waals surface area (Å²) >= 11 is 0. The lowest BCUT2D eigenvalue weighted by Gasteiger charge is -2.17. The van der Waals surface area contributed by atoms with Crippen molar-refractivity contribution in [1.29, 1.82) is 0 Å². The molecule has 1 rings (SSSR count). The minimum absolute atomic E-state index is 0.0393. The van der Waals surface area contributed by atoms with Crippen molar-refractivity contribution in [2.45, 2.75) is 38.2 Å². The van der Waals surface area contributed by atoms with Gasteiger partial charge in [0.05, 0.1) is 7.11 Å². The van der Waals surface area contributed by atoms with Gasteiger partial charge in [0.1, 0.15) is 6.10 Å². The molecule has 0 unspecified atom stereocenters. The van der Waals surface area contributed by atoms with E-state index >= 15 is 0 Å². The zero-order valence-corrected chi connectivity index (χ0v) is 7.99. The molecule has 0 aromatic rings. The molecule has 0 saturated carbocycles. The van der Waals surface area contributed by atoms with E-state index in [4.69, 9.17) is 4.74 Å². The average Bonchev–Trinajstić information content (AvgIpc) is 2.09. The third kappa shape index (κ3) is 3.97. The highest BCUT2D eigenvalue weighted by Gasteiger charge is 2.14. The summed E-state index contributed by atoms with van der Waals surface area (Å²) in [6.45, 7) is 0. The summed E-state index contributed by atoms with van der Waals surface area (Å²) < 4.78 is 9.53. The van der Waals surface area contributed by atoms with E-state index in [0.717, 1.165) is 32.1 Å². The Kier molecular flexibility index (Phi) is 4.36. The molecule has 0 aromatic carbocycles. The van der Waals surface area contributed by atoms with E-state index in [9.17, 15) is 4.79 Å². The van der Waals surface area contributed by atoms with Crippen LogP contribution in [0.2, 0.25) is 0 Å². The molecular weight excluding hydrogens is 168 g/mol. The van der Waals surface area contributed by atoms with Crippen molar-refractivity contribution in [1.82, 2.24) is 0 Å². The fourth-order valence-corrected chi connectivity index (χ4v) is 1.43. The standard InChI is InChI=1S/C10H16O3/c1-12-10(11)13-9-7-5-3-2-4-6-8-9/h2-3,9H,4-8H2,1H3/b3-2-/t9-/m0/s1. The van der Waals surface area contributed by atoms with Gasteiger partial charge in [-0.05, 0) is 32.1 Å². The number of hydrogen-bond donors (Lipinski definition) is 0. The Balaban J connectivity index is 2.31. The second-order valence-electron chi connectivity index (χ2n) is 3.17. The van der Waals surface area contributed by atoms with Gasteiger partial charge in [-0.3, -0.25) is 0 Å². The lowest BCUT2D eigenvalue weighted by Crippen LogP contribution is -2.18. The third-order valence-corrected chi connectivity index (χ3v) is 2.15. The number of hydrogen-bond acceptors (Lipinski definition) is 3. The van der Waals surface area contributed by atoms with E-state index in [2.05, 4.69) is 16.9 Å². The molecule has 0 heterocycles. The minimum atomic E-state index is -0.561. The molecule has 13 heavy (non-hydrogen) atoms. The van der Waals surface area contributed by atoms with Gasteiger partial charge in [-0.25, -0.2) is 4.79 Å². The summed E-state index contributed by atoms with van der Waals surface area (Å²) in [5.41, 5.74) is 0. The lowest BCUT2D eigenvalue weighted by molar-refractivity contribution is 0.0300. The predicted molar refractivity (Wildman–Crippen MR) is 49.5 cm³/mol. The van der Waals surface area contributed by atoms with Gasteiger partial charge >= 0.3 is 6.16 Å². The smallest absolute Gasteiger partial charge is 0.438 e. The van der Waals surface area contributed by atoms with Crippen molar-refractivity contribution >= 4 is 6.16 Å². The molecule has 0 amide bonds. The van der Waals surface area contributed by atoms with Gasteiger partial charge in [0.2, 0.25) is 0 Å². The van der Waals surface area contributed by atoms with Crippen molar-refractivity contribution < 1.29 is 14.3 Å². The van der Waals surface area contributed by atoms with E-state index in [1.165, 1.54) is 7.11 Å². The number of ether oxygens (including phenoxy) is 2. The van der Waals surface area contributed by atoms with Crippen LogP contribution in [0.25, 0.3) is 0 Å². The van der Waals surface area contributed by atoms with Gasteiger partial charge in [-0.2, -0.15) is 0 Å². The highest BCUT2D eigenvalue weighted by molar-refractivity contribution is 5.59. The maximum absolute atomic E-state index is 10.8. The zero-order chi connectivity index (χ0) is 9.52. The average molecular weight is 184 g/mol. The topological polar surface area (TPSA) is 35.5 Å². The van der Waals surface area contributed by atoms with Crippen LogP contribution in [0.4, 0.5) is 4.79 Å². The highest BCUT2D eigenvalue weighted by atomic mass is 16.7.